The van der Waals surface area contributed by atoms with Crippen LogP contribution in [0.4, 0.5) is 0 Å². The predicted octanol–water partition coefficient (Wildman–Crippen LogP) is 3.82. The van der Waals surface area contributed by atoms with E-state index in [2.05, 4.69) is 55.0 Å². The highest BCUT2D eigenvalue weighted by Crippen LogP contribution is 2.28. The number of nitrogens with one attached hydrogen (secondary N) is 1. The molecule has 128 valence electrons. The number of carbonyl (C=O) groups is 1. The first-order valence-electron chi connectivity index (χ1n) is 7.81. The van der Waals surface area contributed by atoms with Gasteiger partial charge in [0.25, 0.3) is 5.22 Å². The number of hydrogen-bond acceptors (Lipinski definition) is 5. The molecule has 1 aromatic heterocycles. The number of thioether (sulfide) groups is 1. The van der Waals surface area contributed by atoms with Crippen molar-refractivity contribution >= 4 is 17.7 Å². The minimum Gasteiger partial charge on any atom is -0.411 e. The van der Waals surface area contributed by atoms with Gasteiger partial charge in [0.15, 0.2) is 0 Å². The van der Waals surface area contributed by atoms with Crippen LogP contribution in [0.2, 0.25) is 0 Å². The van der Waals surface area contributed by atoms with Crippen LogP contribution in [0.15, 0.2) is 46.6 Å². The summed E-state index contributed by atoms with van der Waals surface area (Å²) >= 11 is 1.24. The number of rotatable bonds is 6. The summed E-state index contributed by atoms with van der Waals surface area (Å²) in [6.07, 6.45) is 1.64. The van der Waals surface area contributed by atoms with Gasteiger partial charge in [-0.25, -0.2) is 0 Å². The fourth-order valence-corrected chi connectivity index (χ4v) is 2.72. The number of amides is 1. The minimum absolute atomic E-state index is 0.0887. The average molecular weight is 345 g/mol. The van der Waals surface area contributed by atoms with Gasteiger partial charge in [0.2, 0.25) is 11.8 Å². The van der Waals surface area contributed by atoms with Gasteiger partial charge < -0.3 is 9.73 Å². The molecule has 24 heavy (non-hydrogen) atoms. The molecule has 2 aromatic rings. The van der Waals surface area contributed by atoms with Crippen molar-refractivity contribution < 1.29 is 9.21 Å². The molecule has 1 aromatic carbocycles. The first-order chi connectivity index (χ1) is 11.3. The molecule has 1 heterocycles. The summed E-state index contributed by atoms with van der Waals surface area (Å²) in [6, 6.07) is 8.08. The summed E-state index contributed by atoms with van der Waals surface area (Å²) in [6.45, 7) is 12.3. The molecule has 0 unspecified atom stereocenters. The summed E-state index contributed by atoms with van der Waals surface area (Å²) < 4.78 is 5.66. The van der Waals surface area contributed by atoms with Crippen molar-refractivity contribution in [3.05, 3.63) is 42.5 Å². The lowest BCUT2D eigenvalue weighted by molar-refractivity contribution is -0.120. The van der Waals surface area contributed by atoms with Crippen LogP contribution in [0.5, 0.6) is 0 Å². The van der Waals surface area contributed by atoms with E-state index in [0.717, 1.165) is 5.56 Å². The number of nitrogens with zero attached hydrogens (tertiary/aromatic N) is 2. The standard InChI is InChI=1S/C18H23N3O2S/c1-6-11-19-15(22)12(2)24-17-21-20-16(23-17)13-7-9-14(10-8-13)18(3,4)5/h6-10,12H,1,11H2,2-5H3,(H,19,22)/t12-/m1/s1. The summed E-state index contributed by atoms with van der Waals surface area (Å²) in [4.78, 5) is 11.8. The maximum Gasteiger partial charge on any atom is 0.277 e. The zero-order valence-corrected chi connectivity index (χ0v) is 15.3. The molecule has 0 fully saturated rings. The first-order valence-corrected chi connectivity index (χ1v) is 8.69. The number of hydrogen-bond donors (Lipinski definition) is 1. The molecule has 5 nitrogen and oxygen atoms in total. The maximum absolute atomic E-state index is 11.8. The zero-order valence-electron chi connectivity index (χ0n) is 14.5. The second-order valence-corrected chi connectivity index (χ2v) is 7.79. The van der Waals surface area contributed by atoms with Crippen LogP contribution < -0.4 is 5.32 Å². The van der Waals surface area contributed by atoms with Gasteiger partial charge in [-0.3, -0.25) is 4.79 Å². The SMILES string of the molecule is C=CCNC(=O)[C@@H](C)Sc1nnc(-c2ccc(C(C)(C)C)cc2)o1. The Morgan fingerprint density at radius 1 is 1.33 bits per heavy atom. The third-order valence-electron chi connectivity index (χ3n) is 3.47. The van der Waals surface area contributed by atoms with E-state index in [4.69, 9.17) is 4.42 Å². The van der Waals surface area contributed by atoms with Crippen molar-refractivity contribution in [2.75, 3.05) is 6.54 Å². The van der Waals surface area contributed by atoms with Crippen LogP contribution in [0, 0.1) is 0 Å². The van der Waals surface area contributed by atoms with Crippen LogP contribution in [-0.2, 0) is 10.2 Å². The molecule has 0 saturated heterocycles. The lowest BCUT2D eigenvalue weighted by Crippen LogP contribution is -2.30. The van der Waals surface area contributed by atoms with Crippen molar-refractivity contribution in [3.63, 3.8) is 0 Å². The van der Waals surface area contributed by atoms with Gasteiger partial charge in [-0.05, 0) is 30.0 Å². The van der Waals surface area contributed by atoms with E-state index < -0.39 is 0 Å². The second-order valence-electron chi connectivity index (χ2n) is 6.49. The average Bonchev–Trinajstić information content (AvgIpc) is 3.00. The summed E-state index contributed by atoms with van der Waals surface area (Å²) in [5, 5.41) is 10.9. The van der Waals surface area contributed by atoms with E-state index in [0.29, 0.717) is 17.7 Å². The van der Waals surface area contributed by atoms with Gasteiger partial charge in [0, 0.05) is 12.1 Å². The van der Waals surface area contributed by atoms with Crippen LogP contribution in [0.1, 0.15) is 33.3 Å². The highest BCUT2D eigenvalue weighted by Gasteiger charge is 2.19. The lowest BCUT2D eigenvalue weighted by atomic mass is 9.87. The number of aromatic nitrogens is 2. The monoisotopic (exact) mass is 345 g/mol. The predicted molar refractivity (Wildman–Crippen MR) is 97.0 cm³/mol. The smallest absolute Gasteiger partial charge is 0.277 e. The van der Waals surface area contributed by atoms with Crippen LogP contribution in [0.3, 0.4) is 0 Å². The van der Waals surface area contributed by atoms with Gasteiger partial charge in [-0.1, -0.05) is 50.7 Å². The molecule has 0 aliphatic heterocycles. The molecule has 1 N–H and O–H groups in total. The van der Waals surface area contributed by atoms with E-state index in [1.807, 2.05) is 12.1 Å². The molecule has 0 aliphatic carbocycles. The van der Waals surface area contributed by atoms with E-state index in [1.54, 1.807) is 13.0 Å². The fraction of sp³-hybridized carbons (Fsp3) is 0.389. The quantitative estimate of drug-likeness (QED) is 0.637. The molecular weight excluding hydrogens is 322 g/mol. The molecule has 1 atom stereocenters. The van der Waals surface area contributed by atoms with Crippen molar-refractivity contribution in [1.82, 2.24) is 15.5 Å². The molecule has 1 amide bonds. The van der Waals surface area contributed by atoms with Gasteiger partial charge >= 0.3 is 0 Å². The molecule has 0 radical (unpaired) electrons. The lowest BCUT2D eigenvalue weighted by Gasteiger charge is -2.18. The van der Waals surface area contributed by atoms with Crippen LogP contribution >= 0.6 is 11.8 Å². The Balaban J connectivity index is 2.05. The van der Waals surface area contributed by atoms with Gasteiger partial charge in [-0.2, -0.15) is 0 Å². The van der Waals surface area contributed by atoms with Crippen LogP contribution in [-0.4, -0.2) is 27.9 Å². The topological polar surface area (TPSA) is 68.0 Å². The second kappa shape index (κ2) is 7.66. The fourth-order valence-electron chi connectivity index (χ4n) is 2.01. The maximum atomic E-state index is 11.8. The molecule has 0 bridgehead atoms. The molecular formula is C18H23N3O2S. The number of benzene rings is 1. The first kappa shape index (κ1) is 18.3. The van der Waals surface area contributed by atoms with Crippen molar-refractivity contribution in [2.45, 2.75) is 43.6 Å². The van der Waals surface area contributed by atoms with E-state index >= 15 is 0 Å². The third kappa shape index (κ3) is 4.71. The van der Waals surface area contributed by atoms with Crippen molar-refractivity contribution in [2.24, 2.45) is 0 Å². The van der Waals surface area contributed by atoms with E-state index in [-0.39, 0.29) is 16.6 Å². The van der Waals surface area contributed by atoms with Gasteiger partial charge in [0.05, 0.1) is 5.25 Å². The summed E-state index contributed by atoms with van der Waals surface area (Å²) in [5.41, 5.74) is 2.21. The zero-order chi connectivity index (χ0) is 17.7. The number of carbonyl (C=O) groups excluding carboxylic acids is 1. The third-order valence-corrected chi connectivity index (χ3v) is 4.41. The Morgan fingerprint density at radius 2 is 2.00 bits per heavy atom. The van der Waals surface area contributed by atoms with Gasteiger partial charge in [0.1, 0.15) is 0 Å². The minimum atomic E-state index is -0.318. The molecule has 2 rings (SSSR count). The van der Waals surface area contributed by atoms with Crippen molar-refractivity contribution in [1.29, 1.82) is 0 Å². The normalized spacial score (nSPS) is 12.7. The Labute approximate surface area is 146 Å². The highest BCUT2D eigenvalue weighted by molar-refractivity contribution is 8.00. The van der Waals surface area contributed by atoms with Gasteiger partial charge in [-0.15, -0.1) is 16.8 Å². The molecule has 0 saturated carbocycles. The Bertz CT molecular complexity index is 702. The van der Waals surface area contributed by atoms with Crippen molar-refractivity contribution in [3.8, 4) is 11.5 Å². The van der Waals surface area contributed by atoms with Crippen LogP contribution in [0.25, 0.3) is 11.5 Å². The molecule has 6 heteroatoms. The highest BCUT2D eigenvalue weighted by atomic mass is 32.2. The van der Waals surface area contributed by atoms with E-state index in [1.165, 1.54) is 17.3 Å². The summed E-state index contributed by atoms with van der Waals surface area (Å²) in [7, 11) is 0. The largest absolute Gasteiger partial charge is 0.411 e. The summed E-state index contributed by atoms with van der Waals surface area (Å²) in [5.74, 6) is 0.367. The Kier molecular flexibility index (Phi) is 5.83. The van der Waals surface area contributed by atoms with E-state index in [9.17, 15) is 4.79 Å². The molecule has 0 spiro atoms. The Hall–Kier alpha value is -2.08. The molecule has 0 aliphatic rings. The Morgan fingerprint density at radius 3 is 2.58 bits per heavy atom.